The fourth-order valence-corrected chi connectivity index (χ4v) is 5.09. The molecule has 1 aromatic heterocycles. The predicted molar refractivity (Wildman–Crippen MR) is 105 cm³/mol. The Morgan fingerprint density at radius 3 is 2.73 bits per heavy atom. The lowest BCUT2D eigenvalue weighted by Crippen LogP contribution is -2.44. The van der Waals surface area contributed by atoms with Gasteiger partial charge in [-0.05, 0) is 75.9 Å². The van der Waals surface area contributed by atoms with Gasteiger partial charge in [0.15, 0.2) is 0 Å². The fourth-order valence-electron chi connectivity index (χ4n) is 5.09. The number of aryl methyl sites for hydroxylation is 1. The minimum atomic E-state index is -0.0295. The van der Waals surface area contributed by atoms with E-state index < -0.39 is 0 Å². The minimum Gasteiger partial charge on any atom is -0.370 e. The van der Waals surface area contributed by atoms with E-state index in [4.69, 9.17) is 0 Å². The van der Waals surface area contributed by atoms with Crippen molar-refractivity contribution < 1.29 is 0 Å². The van der Waals surface area contributed by atoms with Crippen molar-refractivity contribution >= 4 is 5.69 Å². The molecule has 1 aliphatic carbocycles. The van der Waals surface area contributed by atoms with Crippen molar-refractivity contribution in [3.8, 4) is 0 Å². The third-order valence-corrected chi connectivity index (χ3v) is 7.01. The molecular formula is C20H33N5O. The molecule has 2 aliphatic heterocycles. The first kappa shape index (κ1) is 18.0. The number of anilines is 1. The SMILES string of the molecule is Cn1ncc(N2CC[C@@H](CNC3CCC4(CCNCC4)CC3)C2)cc1=O. The zero-order valence-corrected chi connectivity index (χ0v) is 16.0. The van der Waals surface area contributed by atoms with Gasteiger partial charge in [-0.15, -0.1) is 0 Å². The van der Waals surface area contributed by atoms with Crippen LogP contribution >= 0.6 is 0 Å². The summed E-state index contributed by atoms with van der Waals surface area (Å²) >= 11 is 0. The van der Waals surface area contributed by atoms with E-state index in [1.807, 2.05) is 6.20 Å². The molecule has 1 atom stereocenters. The molecule has 0 radical (unpaired) electrons. The minimum absolute atomic E-state index is 0.0295. The Balaban J connectivity index is 1.22. The third kappa shape index (κ3) is 3.96. The lowest BCUT2D eigenvalue weighted by atomic mass is 9.67. The molecule has 1 saturated carbocycles. The maximum atomic E-state index is 11.8. The molecule has 144 valence electrons. The second-order valence-corrected chi connectivity index (χ2v) is 8.71. The fraction of sp³-hybridized carbons (Fsp3) is 0.800. The Morgan fingerprint density at radius 1 is 1.23 bits per heavy atom. The highest BCUT2D eigenvalue weighted by Crippen LogP contribution is 2.43. The van der Waals surface area contributed by atoms with Crippen LogP contribution in [0.5, 0.6) is 0 Å². The zero-order valence-electron chi connectivity index (χ0n) is 16.0. The molecule has 0 bridgehead atoms. The smallest absolute Gasteiger partial charge is 0.268 e. The largest absolute Gasteiger partial charge is 0.370 e. The summed E-state index contributed by atoms with van der Waals surface area (Å²) in [5, 5.41) is 11.5. The van der Waals surface area contributed by atoms with Crippen molar-refractivity contribution in [2.45, 2.75) is 51.0 Å². The van der Waals surface area contributed by atoms with Gasteiger partial charge in [0.1, 0.15) is 0 Å². The van der Waals surface area contributed by atoms with E-state index in [0.29, 0.717) is 17.4 Å². The van der Waals surface area contributed by atoms with Crippen LogP contribution in [0.2, 0.25) is 0 Å². The van der Waals surface area contributed by atoms with Crippen molar-refractivity contribution in [2.24, 2.45) is 18.4 Å². The summed E-state index contributed by atoms with van der Waals surface area (Å²) in [5.41, 5.74) is 1.60. The Kier molecular flexibility index (Phi) is 5.32. The third-order valence-electron chi connectivity index (χ3n) is 7.01. The number of nitrogens with one attached hydrogen (secondary N) is 2. The molecule has 2 N–H and O–H groups in total. The average molecular weight is 360 g/mol. The number of rotatable bonds is 4. The van der Waals surface area contributed by atoms with Crippen molar-refractivity contribution in [1.29, 1.82) is 0 Å². The summed E-state index contributed by atoms with van der Waals surface area (Å²) in [7, 11) is 1.70. The Bertz CT molecular complexity index is 656. The van der Waals surface area contributed by atoms with Gasteiger partial charge in [0, 0.05) is 32.2 Å². The van der Waals surface area contributed by atoms with Crippen LogP contribution in [0.3, 0.4) is 0 Å². The van der Waals surface area contributed by atoms with E-state index in [-0.39, 0.29) is 5.56 Å². The molecule has 6 nitrogen and oxygen atoms in total. The first-order valence-corrected chi connectivity index (χ1v) is 10.4. The molecule has 3 heterocycles. The van der Waals surface area contributed by atoms with E-state index in [1.165, 1.54) is 62.7 Å². The van der Waals surface area contributed by atoms with Gasteiger partial charge in [0.25, 0.3) is 5.56 Å². The Morgan fingerprint density at radius 2 is 2.00 bits per heavy atom. The van der Waals surface area contributed by atoms with E-state index in [2.05, 4.69) is 20.6 Å². The molecule has 1 aromatic rings. The molecule has 26 heavy (non-hydrogen) atoms. The van der Waals surface area contributed by atoms with Gasteiger partial charge in [0.2, 0.25) is 0 Å². The molecule has 4 rings (SSSR count). The van der Waals surface area contributed by atoms with Crippen LogP contribution in [-0.4, -0.2) is 48.5 Å². The van der Waals surface area contributed by atoms with E-state index in [0.717, 1.165) is 25.3 Å². The number of aromatic nitrogens is 2. The van der Waals surface area contributed by atoms with Gasteiger partial charge < -0.3 is 15.5 Å². The van der Waals surface area contributed by atoms with Gasteiger partial charge in [-0.1, -0.05) is 0 Å². The zero-order chi connectivity index (χ0) is 18.0. The monoisotopic (exact) mass is 359 g/mol. The van der Waals surface area contributed by atoms with Crippen LogP contribution in [0.1, 0.15) is 44.9 Å². The summed E-state index contributed by atoms with van der Waals surface area (Å²) in [6.45, 7) is 5.60. The number of nitrogens with zero attached hydrogens (tertiary/aromatic N) is 3. The van der Waals surface area contributed by atoms with Crippen molar-refractivity contribution in [1.82, 2.24) is 20.4 Å². The topological polar surface area (TPSA) is 62.2 Å². The molecule has 0 amide bonds. The molecule has 0 unspecified atom stereocenters. The van der Waals surface area contributed by atoms with Crippen LogP contribution in [0, 0.1) is 11.3 Å². The molecule has 0 aromatic carbocycles. The Labute approximate surface area is 156 Å². The highest BCUT2D eigenvalue weighted by atomic mass is 16.1. The van der Waals surface area contributed by atoms with Crippen LogP contribution in [0.15, 0.2) is 17.1 Å². The highest BCUT2D eigenvalue weighted by Gasteiger charge is 2.36. The summed E-state index contributed by atoms with van der Waals surface area (Å²) in [6, 6.07) is 2.41. The van der Waals surface area contributed by atoms with Gasteiger partial charge in [-0.3, -0.25) is 4.79 Å². The van der Waals surface area contributed by atoms with Crippen LogP contribution in [0.25, 0.3) is 0 Å². The maximum absolute atomic E-state index is 11.8. The number of hydrogen-bond acceptors (Lipinski definition) is 5. The first-order chi connectivity index (χ1) is 12.6. The van der Waals surface area contributed by atoms with Crippen LogP contribution < -0.4 is 21.1 Å². The second kappa shape index (κ2) is 7.69. The molecule has 3 aliphatic rings. The average Bonchev–Trinajstić information content (AvgIpc) is 3.13. The highest BCUT2D eigenvalue weighted by molar-refractivity contribution is 5.44. The normalized spacial score (nSPS) is 26.5. The van der Waals surface area contributed by atoms with Crippen molar-refractivity contribution in [2.75, 3.05) is 37.6 Å². The molecule has 1 spiro atoms. The Hall–Kier alpha value is -1.40. The lowest BCUT2D eigenvalue weighted by molar-refractivity contribution is 0.115. The van der Waals surface area contributed by atoms with Crippen molar-refractivity contribution in [3.63, 3.8) is 0 Å². The second-order valence-electron chi connectivity index (χ2n) is 8.71. The van der Waals surface area contributed by atoms with Crippen LogP contribution in [0.4, 0.5) is 5.69 Å². The van der Waals surface area contributed by atoms with Crippen LogP contribution in [-0.2, 0) is 7.05 Å². The van der Waals surface area contributed by atoms with Gasteiger partial charge in [-0.25, -0.2) is 4.68 Å². The van der Waals surface area contributed by atoms with Gasteiger partial charge in [0.05, 0.1) is 11.9 Å². The van der Waals surface area contributed by atoms with Crippen molar-refractivity contribution in [3.05, 3.63) is 22.6 Å². The van der Waals surface area contributed by atoms with E-state index in [9.17, 15) is 4.79 Å². The summed E-state index contributed by atoms with van der Waals surface area (Å²) < 4.78 is 1.39. The first-order valence-electron chi connectivity index (χ1n) is 10.4. The van der Waals surface area contributed by atoms with E-state index in [1.54, 1.807) is 13.1 Å². The maximum Gasteiger partial charge on any atom is 0.268 e. The van der Waals surface area contributed by atoms with Gasteiger partial charge in [-0.2, -0.15) is 5.10 Å². The summed E-state index contributed by atoms with van der Waals surface area (Å²) in [4.78, 5) is 14.1. The molecule has 2 saturated heterocycles. The number of hydrogen-bond donors (Lipinski definition) is 2. The van der Waals surface area contributed by atoms with E-state index >= 15 is 0 Å². The molecule has 6 heteroatoms. The standard InChI is InChI=1S/C20H33N5O/c1-24-19(26)12-18(14-23-24)25-11-4-16(15-25)13-22-17-2-5-20(6-3-17)7-9-21-10-8-20/h12,14,16-17,21-22H,2-11,13,15H2,1H3/t16-/m0/s1. The molecule has 3 fully saturated rings. The predicted octanol–water partition coefficient (Wildman–Crippen LogP) is 1.51. The van der Waals surface area contributed by atoms with Gasteiger partial charge >= 0.3 is 0 Å². The quantitative estimate of drug-likeness (QED) is 0.853. The summed E-state index contributed by atoms with van der Waals surface area (Å²) in [5.74, 6) is 0.675. The number of piperidine rings is 1. The lowest BCUT2D eigenvalue weighted by Gasteiger charge is -2.43. The molecular weight excluding hydrogens is 326 g/mol. The summed E-state index contributed by atoms with van der Waals surface area (Å²) in [6.07, 6.45) is 11.3.